The molecule has 0 saturated heterocycles. The highest BCUT2D eigenvalue weighted by molar-refractivity contribution is 5.94. The number of carbonyl (C=O) groups is 1. The lowest BCUT2D eigenvalue weighted by molar-refractivity contribution is -0.139. The monoisotopic (exact) mass is 471 g/mol. The molecule has 1 amide bonds. The quantitative estimate of drug-likeness (QED) is 0.492. The van der Waals surface area contributed by atoms with Gasteiger partial charge in [0.2, 0.25) is 5.91 Å². The molecule has 0 bridgehead atoms. The molecule has 4 rings (SSSR count). The van der Waals surface area contributed by atoms with Crippen LogP contribution in [0.15, 0.2) is 42.6 Å². The summed E-state index contributed by atoms with van der Waals surface area (Å²) in [5.74, 6) is 4.93. The molecule has 0 aliphatic carbocycles. The predicted octanol–water partition coefficient (Wildman–Crippen LogP) is 3.83. The number of fused-ring (bicyclic) bond motifs is 1. The number of anilines is 1. The minimum atomic E-state index is -4.65. The smallest absolute Gasteiger partial charge is 0.420 e. The van der Waals surface area contributed by atoms with Crippen molar-refractivity contribution in [2.75, 3.05) is 19.0 Å². The van der Waals surface area contributed by atoms with Crippen LogP contribution in [0.1, 0.15) is 40.2 Å². The summed E-state index contributed by atoms with van der Waals surface area (Å²) in [7, 11) is 1.45. The Morgan fingerprint density at radius 1 is 1.21 bits per heavy atom. The van der Waals surface area contributed by atoms with Crippen LogP contribution in [0, 0.1) is 11.8 Å². The Morgan fingerprint density at radius 2 is 2.03 bits per heavy atom. The number of rotatable bonds is 5. The molecule has 0 saturated carbocycles. The van der Waals surface area contributed by atoms with Gasteiger partial charge in [-0.3, -0.25) is 9.89 Å². The van der Waals surface area contributed by atoms with E-state index in [9.17, 15) is 18.0 Å². The fourth-order valence-corrected chi connectivity index (χ4v) is 3.79. The number of hydrogen-bond donors (Lipinski definition) is 3. The van der Waals surface area contributed by atoms with Crippen molar-refractivity contribution in [3.8, 4) is 23.3 Å². The Labute approximate surface area is 192 Å². The van der Waals surface area contributed by atoms with E-state index in [1.54, 1.807) is 24.4 Å². The highest BCUT2D eigenvalue weighted by atomic mass is 19.4. The van der Waals surface area contributed by atoms with Crippen molar-refractivity contribution >= 4 is 11.7 Å². The van der Waals surface area contributed by atoms with E-state index in [1.165, 1.54) is 19.2 Å². The van der Waals surface area contributed by atoms with Gasteiger partial charge in [-0.15, -0.1) is 0 Å². The molecule has 0 fully saturated rings. The number of nitrogens with one attached hydrogen (secondary N) is 2. The lowest BCUT2D eigenvalue weighted by atomic mass is 9.87. The number of H-pyrrole nitrogens is 1. The van der Waals surface area contributed by atoms with E-state index < -0.39 is 18.3 Å². The predicted molar refractivity (Wildman–Crippen MR) is 116 cm³/mol. The Bertz CT molecular complexity index is 1270. The van der Waals surface area contributed by atoms with E-state index in [0.29, 0.717) is 17.1 Å². The summed E-state index contributed by atoms with van der Waals surface area (Å²) >= 11 is 0. The van der Waals surface area contributed by atoms with Crippen LogP contribution < -0.4 is 14.8 Å². The van der Waals surface area contributed by atoms with E-state index in [1.807, 2.05) is 0 Å². The zero-order valence-corrected chi connectivity index (χ0v) is 18.0. The topological polar surface area (TPSA) is 96.5 Å². The van der Waals surface area contributed by atoms with Crippen molar-refractivity contribution in [2.45, 2.75) is 25.1 Å². The Kier molecular flexibility index (Phi) is 6.47. The minimum absolute atomic E-state index is 0.116. The Balaban J connectivity index is 1.59. The van der Waals surface area contributed by atoms with Crippen LogP contribution >= 0.6 is 0 Å². The molecule has 34 heavy (non-hydrogen) atoms. The van der Waals surface area contributed by atoms with Gasteiger partial charge in [0.25, 0.3) is 0 Å². The van der Waals surface area contributed by atoms with Crippen LogP contribution in [0.5, 0.6) is 11.5 Å². The van der Waals surface area contributed by atoms with Gasteiger partial charge in [-0.25, -0.2) is 0 Å². The molecule has 2 aromatic carbocycles. The number of aliphatic hydroxyl groups is 1. The molecule has 1 atom stereocenters. The second-order valence-corrected chi connectivity index (χ2v) is 7.52. The highest BCUT2D eigenvalue weighted by Gasteiger charge is 2.35. The molecular weight excluding hydrogens is 451 g/mol. The van der Waals surface area contributed by atoms with Crippen LogP contribution in [-0.2, 0) is 17.6 Å². The van der Waals surface area contributed by atoms with Gasteiger partial charge >= 0.3 is 6.18 Å². The number of halogens is 3. The first-order valence-corrected chi connectivity index (χ1v) is 10.2. The Morgan fingerprint density at radius 3 is 2.76 bits per heavy atom. The first-order chi connectivity index (χ1) is 16.3. The number of aliphatic hydroxyl groups excluding tert-OH is 1. The number of benzene rings is 2. The summed E-state index contributed by atoms with van der Waals surface area (Å²) in [6, 6.07) is 8.72. The number of aromatic amines is 1. The van der Waals surface area contributed by atoms with E-state index in [4.69, 9.17) is 14.6 Å². The number of ether oxygens (including phenoxy) is 2. The highest BCUT2D eigenvalue weighted by Crippen LogP contribution is 2.39. The van der Waals surface area contributed by atoms with E-state index in [0.717, 1.165) is 17.2 Å². The third-order valence-corrected chi connectivity index (χ3v) is 5.39. The fraction of sp³-hybridized carbons (Fsp3) is 0.250. The van der Waals surface area contributed by atoms with E-state index in [-0.39, 0.29) is 36.2 Å². The fourth-order valence-electron chi connectivity index (χ4n) is 3.79. The first kappa shape index (κ1) is 23.2. The van der Waals surface area contributed by atoms with Gasteiger partial charge in [0, 0.05) is 35.2 Å². The minimum Gasteiger partial charge on any atom is -0.496 e. The van der Waals surface area contributed by atoms with Gasteiger partial charge in [0.1, 0.15) is 24.7 Å². The zero-order chi connectivity index (χ0) is 24.3. The Hall–Kier alpha value is -3.97. The maximum absolute atomic E-state index is 13.6. The maximum Gasteiger partial charge on any atom is 0.420 e. The summed E-state index contributed by atoms with van der Waals surface area (Å²) in [4.78, 5) is 12.1. The number of alkyl halides is 3. The molecule has 1 aliphatic rings. The van der Waals surface area contributed by atoms with Gasteiger partial charge in [0.15, 0.2) is 5.82 Å². The van der Waals surface area contributed by atoms with Gasteiger partial charge in [-0.1, -0.05) is 24.0 Å². The van der Waals surface area contributed by atoms with Crippen molar-refractivity contribution in [1.82, 2.24) is 10.2 Å². The molecule has 3 aromatic rings. The van der Waals surface area contributed by atoms with Crippen molar-refractivity contribution in [2.24, 2.45) is 0 Å². The number of aromatic nitrogens is 2. The number of carbonyl (C=O) groups excluding carboxylic acids is 1. The van der Waals surface area contributed by atoms with Crippen LogP contribution in [0.2, 0.25) is 0 Å². The molecular formula is C24H20F3N3O4. The molecule has 0 radical (unpaired) electrons. The third kappa shape index (κ3) is 4.84. The summed E-state index contributed by atoms with van der Waals surface area (Å²) in [5, 5.41) is 18.3. The largest absolute Gasteiger partial charge is 0.496 e. The summed E-state index contributed by atoms with van der Waals surface area (Å²) in [6.07, 6.45) is -2.70. The molecule has 2 heterocycles. The van der Waals surface area contributed by atoms with Gasteiger partial charge in [0.05, 0.1) is 12.7 Å². The average Bonchev–Trinajstić information content (AvgIpc) is 3.28. The van der Waals surface area contributed by atoms with Crippen LogP contribution in [0.25, 0.3) is 0 Å². The summed E-state index contributed by atoms with van der Waals surface area (Å²) < 4.78 is 51.7. The average molecular weight is 471 g/mol. The third-order valence-electron chi connectivity index (χ3n) is 5.39. The molecule has 176 valence electrons. The van der Waals surface area contributed by atoms with E-state index >= 15 is 0 Å². The summed E-state index contributed by atoms with van der Waals surface area (Å²) in [5.41, 5.74) is 1.33. The molecule has 1 aromatic heterocycles. The van der Waals surface area contributed by atoms with Crippen molar-refractivity contribution in [3.05, 3.63) is 70.4 Å². The molecule has 10 heteroatoms. The molecule has 3 N–H and O–H groups in total. The van der Waals surface area contributed by atoms with Gasteiger partial charge < -0.3 is 19.9 Å². The van der Waals surface area contributed by atoms with Crippen LogP contribution in [0.3, 0.4) is 0 Å². The number of methoxy groups -OCH3 is 1. The zero-order valence-electron chi connectivity index (χ0n) is 18.0. The molecule has 1 unspecified atom stereocenters. The maximum atomic E-state index is 13.6. The van der Waals surface area contributed by atoms with Crippen molar-refractivity contribution < 1.29 is 32.5 Å². The SMILES string of the molecule is COc1cc(C2CC(=O)Nc3n[nH]cc32)ccc1COc1ccc(C#CCO)cc1C(F)(F)F. The number of hydrogen-bond acceptors (Lipinski definition) is 5. The second kappa shape index (κ2) is 9.49. The molecule has 7 nitrogen and oxygen atoms in total. The van der Waals surface area contributed by atoms with Gasteiger partial charge in [-0.05, 0) is 29.8 Å². The van der Waals surface area contributed by atoms with Crippen LogP contribution in [-0.4, -0.2) is 34.9 Å². The lowest BCUT2D eigenvalue weighted by Gasteiger charge is -2.23. The molecule has 0 spiro atoms. The number of nitrogens with zero attached hydrogens (tertiary/aromatic N) is 1. The summed E-state index contributed by atoms with van der Waals surface area (Å²) in [6.45, 7) is -0.626. The standard InChI is InChI=1S/C24H20F3N3O4/c1-33-21-10-15(17-11-22(32)29-23-18(17)12-28-30-23)5-6-16(21)13-34-20-7-4-14(3-2-8-31)9-19(20)24(25,26)27/h4-7,9-10,12,17,31H,8,11,13H2,1H3,(H2,28,29,30,32). The first-order valence-electron chi connectivity index (χ1n) is 10.2. The van der Waals surface area contributed by atoms with Gasteiger partial charge in [-0.2, -0.15) is 18.3 Å². The van der Waals surface area contributed by atoms with Crippen molar-refractivity contribution in [1.29, 1.82) is 0 Å². The number of amides is 1. The normalized spacial score (nSPS) is 15.1. The van der Waals surface area contributed by atoms with Crippen molar-refractivity contribution in [3.63, 3.8) is 0 Å². The molecule has 1 aliphatic heterocycles. The lowest BCUT2D eigenvalue weighted by Crippen LogP contribution is -2.23. The van der Waals surface area contributed by atoms with Crippen LogP contribution in [0.4, 0.5) is 19.0 Å². The van der Waals surface area contributed by atoms with E-state index in [2.05, 4.69) is 27.4 Å². The second-order valence-electron chi connectivity index (χ2n) is 7.52.